The van der Waals surface area contributed by atoms with Crippen LogP contribution in [0.3, 0.4) is 0 Å². The van der Waals surface area contributed by atoms with Gasteiger partial charge in [-0.2, -0.15) is 0 Å². The zero-order valence-electron chi connectivity index (χ0n) is 13.8. The monoisotopic (exact) mass is 393 g/mol. The molecule has 2 heterocycles. The Labute approximate surface area is 156 Å². The lowest BCUT2D eigenvalue weighted by molar-refractivity contribution is 0.327. The normalized spacial score (nSPS) is 11.5. The second-order valence-corrected chi connectivity index (χ2v) is 7.37. The predicted molar refractivity (Wildman–Crippen MR) is 96.4 cm³/mol. The van der Waals surface area contributed by atoms with Crippen molar-refractivity contribution in [2.45, 2.75) is 18.5 Å². The number of halogens is 1. The molecule has 0 amide bonds. The molecule has 0 atom stereocenters. The van der Waals surface area contributed by atoms with Crippen molar-refractivity contribution in [3.8, 4) is 17.0 Å². The number of sulfonamides is 1. The summed E-state index contributed by atoms with van der Waals surface area (Å²) in [6.07, 6.45) is 1.39. The van der Waals surface area contributed by atoms with Crippen LogP contribution >= 0.6 is 11.6 Å². The molecule has 0 spiro atoms. The summed E-state index contributed by atoms with van der Waals surface area (Å²) in [7, 11) is -3.86. The molecule has 0 fully saturated rings. The zero-order valence-corrected chi connectivity index (χ0v) is 15.4. The van der Waals surface area contributed by atoms with Crippen LogP contribution in [-0.4, -0.2) is 25.2 Å². The minimum atomic E-state index is -3.86. The van der Waals surface area contributed by atoms with Gasteiger partial charge in [0.15, 0.2) is 11.5 Å². The molecule has 3 rings (SSSR count). The van der Waals surface area contributed by atoms with Crippen molar-refractivity contribution in [1.29, 1.82) is 0 Å². The standard InChI is InChI=1S/C17H16ClN3O4S/c1-2-24-16-4-3-9-19-17(16)26(22,23)20-11-14-10-15(21-25-14)12-5-7-13(18)8-6-12/h3-10,20H,2,11H2,1H3. The van der Waals surface area contributed by atoms with Crippen LogP contribution in [0.4, 0.5) is 0 Å². The molecule has 1 aromatic carbocycles. The molecule has 0 unspecified atom stereocenters. The maximum Gasteiger partial charge on any atom is 0.262 e. The fourth-order valence-corrected chi connectivity index (χ4v) is 3.42. The van der Waals surface area contributed by atoms with E-state index in [4.69, 9.17) is 20.9 Å². The molecular formula is C17H16ClN3O4S. The van der Waals surface area contributed by atoms with Gasteiger partial charge in [0.25, 0.3) is 10.0 Å². The summed E-state index contributed by atoms with van der Waals surface area (Å²) in [5, 5.41) is 4.39. The largest absolute Gasteiger partial charge is 0.491 e. The molecule has 7 nitrogen and oxygen atoms in total. The second kappa shape index (κ2) is 7.86. The first-order chi connectivity index (χ1) is 12.5. The highest BCUT2D eigenvalue weighted by atomic mass is 35.5. The summed E-state index contributed by atoms with van der Waals surface area (Å²) < 4.78 is 37.9. The third kappa shape index (κ3) is 4.21. The van der Waals surface area contributed by atoms with Gasteiger partial charge in [0.05, 0.1) is 13.2 Å². The molecule has 2 aromatic heterocycles. The topological polar surface area (TPSA) is 94.3 Å². The van der Waals surface area contributed by atoms with Gasteiger partial charge in [-0.1, -0.05) is 28.9 Å². The minimum absolute atomic E-state index is 0.0644. The van der Waals surface area contributed by atoms with Crippen molar-refractivity contribution < 1.29 is 17.7 Å². The Bertz CT molecular complexity index is 987. The highest BCUT2D eigenvalue weighted by molar-refractivity contribution is 7.89. The van der Waals surface area contributed by atoms with E-state index in [1.165, 1.54) is 6.20 Å². The molecule has 3 aromatic rings. The number of pyridine rings is 1. The van der Waals surface area contributed by atoms with E-state index in [2.05, 4.69) is 14.9 Å². The van der Waals surface area contributed by atoms with Gasteiger partial charge in [-0.3, -0.25) is 0 Å². The molecule has 0 aliphatic rings. The Kier molecular flexibility index (Phi) is 5.55. The molecule has 0 radical (unpaired) electrons. The van der Waals surface area contributed by atoms with Gasteiger partial charge in [0.2, 0.25) is 5.03 Å². The Hall–Kier alpha value is -2.42. The van der Waals surface area contributed by atoms with Crippen LogP contribution in [0.1, 0.15) is 12.7 Å². The molecule has 0 aliphatic carbocycles. The summed E-state index contributed by atoms with van der Waals surface area (Å²) in [6.45, 7) is 2.04. The van der Waals surface area contributed by atoms with Crippen molar-refractivity contribution in [3.05, 3.63) is 59.4 Å². The summed E-state index contributed by atoms with van der Waals surface area (Å²) in [5.74, 6) is 0.564. The Morgan fingerprint density at radius 1 is 1.23 bits per heavy atom. The lowest BCUT2D eigenvalue weighted by Gasteiger charge is -2.09. The SMILES string of the molecule is CCOc1cccnc1S(=O)(=O)NCc1cc(-c2ccc(Cl)cc2)no1. The van der Waals surface area contributed by atoms with Crippen LogP contribution in [-0.2, 0) is 16.6 Å². The maximum absolute atomic E-state index is 12.5. The lowest BCUT2D eigenvalue weighted by atomic mass is 10.1. The highest BCUT2D eigenvalue weighted by Crippen LogP contribution is 2.23. The van der Waals surface area contributed by atoms with Crippen molar-refractivity contribution in [2.75, 3.05) is 6.61 Å². The molecule has 0 bridgehead atoms. The number of rotatable bonds is 7. The zero-order chi connectivity index (χ0) is 18.6. The van der Waals surface area contributed by atoms with Crippen molar-refractivity contribution in [2.24, 2.45) is 0 Å². The van der Waals surface area contributed by atoms with E-state index in [9.17, 15) is 8.42 Å². The molecule has 0 saturated heterocycles. The van der Waals surface area contributed by atoms with E-state index in [0.29, 0.717) is 23.1 Å². The van der Waals surface area contributed by atoms with E-state index in [-0.39, 0.29) is 17.3 Å². The van der Waals surface area contributed by atoms with Gasteiger partial charge < -0.3 is 9.26 Å². The Morgan fingerprint density at radius 2 is 2.00 bits per heavy atom. The number of nitrogens with one attached hydrogen (secondary N) is 1. The van der Waals surface area contributed by atoms with Crippen LogP contribution in [0.5, 0.6) is 5.75 Å². The van der Waals surface area contributed by atoms with E-state index in [1.54, 1.807) is 49.4 Å². The van der Waals surface area contributed by atoms with E-state index in [1.807, 2.05) is 0 Å². The number of hydrogen-bond acceptors (Lipinski definition) is 6. The smallest absolute Gasteiger partial charge is 0.262 e. The third-order valence-electron chi connectivity index (χ3n) is 3.43. The van der Waals surface area contributed by atoms with Gasteiger partial charge in [0.1, 0.15) is 5.69 Å². The van der Waals surface area contributed by atoms with Crippen molar-refractivity contribution in [1.82, 2.24) is 14.9 Å². The fourth-order valence-electron chi connectivity index (χ4n) is 2.23. The Morgan fingerprint density at radius 3 is 2.73 bits per heavy atom. The van der Waals surface area contributed by atoms with Gasteiger partial charge >= 0.3 is 0 Å². The first-order valence-electron chi connectivity index (χ1n) is 7.78. The summed E-state index contributed by atoms with van der Waals surface area (Å²) >= 11 is 5.86. The molecule has 0 saturated carbocycles. The van der Waals surface area contributed by atoms with E-state index < -0.39 is 10.0 Å². The summed E-state index contributed by atoms with van der Waals surface area (Å²) in [4.78, 5) is 3.91. The van der Waals surface area contributed by atoms with Crippen molar-refractivity contribution >= 4 is 21.6 Å². The van der Waals surface area contributed by atoms with Crippen molar-refractivity contribution in [3.63, 3.8) is 0 Å². The van der Waals surface area contributed by atoms with Crippen LogP contribution in [0, 0.1) is 0 Å². The summed E-state index contributed by atoms with van der Waals surface area (Å²) in [5.41, 5.74) is 1.40. The first-order valence-corrected chi connectivity index (χ1v) is 9.64. The average molecular weight is 394 g/mol. The fraction of sp³-hybridized carbons (Fsp3) is 0.176. The Balaban J connectivity index is 1.74. The third-order valence-corrected chi connectivity index (χ3v) is 5.02. The number of ether oxygens (including phenoxy) is 1. The van der Waals surface area contributed by atoms with Crippen LogP contribution in [0.15, 0.2) is 58.2 Å². The van der Waals surface area contributed by atoms with Gasteiger partial charge in [-0.15, -0.1) is 0 Å². The van der Waals surface area contributed by atoms with Crippen LogP contribution in [0.25, 0.3) is 11.3 Å². The molecule has 1 N–H and O–H groups in total. The van der Waals surface area contributed by atoms with E-state index >= 15 is 0 Å². The number of hydrogen-bond donors (Lipinski definition) is 1. The predicted octanol–water partition coefficient (Wildman–Crippen LogP) is 3.27. The second-order valence-electron chi connectivity index (χ2n) is 5.25. The quantitative estimate of drug-likeness (QED) is 0.662. The number of benzene rings is 1. The average Bonchev–Trinajstić information content (AvgIpc) is 3.10. The maximum atomic E-state index is 12.5. The highest BCUT2D eigenvalue weighted by Gasteiger charge is 2.21. The van der Waals surface area contributed by atoms with Crippen LogP contribution in [0.2, 0.25) is 5.02 Å². The van der Waals surface area contributed by atoms with Gasteiger partial charge in [-0.05, 0) is 31.2 Å². The lowest BCUT2D eigenvalue weighted by Crippen LogP contribution is -2.24. The van der Waals surface area contributed by atoms with Gasteiger partial charge in [-0.25, -0.2) is 18.1 Å². The molecule has 9 heteroatoms. The molecule has 0 aliphatic heterocycles. The minimum Gasteiger partial charge on any atom is -0.491 e. The molecule has 26 heavy (non-hydrogen) atoms. The number of aromatic nitrogens is 2. The molecular weight excluding hydrogens is 378 g/mol. The summed E-state index contributed by atoms with van der Waals surface area (Å²) in [6, 6.07) is 11.9. The van der Waals surface area contributed by atoms with Crippen LogP contribution < -0.4 is 9.46 Å². The first kappa shape index (κ1) is 18.4. The number of nitrogens with zero attached hydrogens (tertiary/aromatic N) is 2. The van der Waals surface area contributed by atoms with E-state index in [0.717, 1.165) is 5.56 Å². The van der Waals surface area contributed by atoms with Gasteiger partial charge in [0, 0.05) is 22.8 Å². The molecule has 136 valence electrons.